The van der Waals surface area contributed by atoms with E-state index in [0.29, 0.717) is 5.56 Å². The van der Waals surface area contributed by atoms with Gasteiger partial charge in [0.25, 0.3) is 0 Å². The first-order chi connectivity index (χ1) is 11.0. The van der Waals surface area contributed by atoms with E-state index in [1.807, 2.05) is 0 Å². The van der Waals surface area contributed by atoms with Gasteiger partial charge in [-0.2, -0.15) is 0 Å². The van der Waals surface area contributed by atoms with E-state index in [9.17, 15) is 19.3 Å². The van der Waals surface area contributed by atoms with E-state index in [1.165, 1.54) is 36.4 Å². The maximum absolute atomic E-state index is 12.8. The number of nitrogens with zero attached hydrogens (tertiary/aromatic N) is 2. The van der Waals surface area contributed by atoms with Gasteiger partial charge < -0.3 is 15.0 Å². The molecule has 118 valence electrons. The Morgan fingerprint density at radius 3 is 2.61 bits per heavy atom. The van der Waals surface area contributed by atoms with Crippen LogP contribution in [0.3, 0.4) is 0 Å². The predicted octanol–water partition coefficient (Wildman–Crippen LogP) is 2.20. The van der Waals surface area contributed by atoms with Gasteiger partial charge in [0, 0.05) is 11.6 Å². The summed E-state index contributed by atoms with van der Waals surface area (Å²) in [6, 6.07) is 7.58. The van der Waals surface area contributed by atoms with Gasteiger partial charge in [0.1, 0.15) is 16.5 Å². The lowest BCUT2D eigenvalue weighted by molar-refractivity contribution is -0.402. The summed E-state index contributed by atoms with van der Waals surface area (Å²) >= 11 is 0. The number of rotatable bonds is 5. The molecule has 9 heteroatoms. The number of hydrogen-bond donors (Lipinski definition) is 1. The van der Waals surface area contributed by atoms with Crippen LogP contribution in [-0.2, 0) is 9.63 Å². The van der Waals surface area contributed by atoms with E-state index in [4.69, 9.17) is 10.2 Å². The standard InChI is InChI=1S/C14H10FN3O5/c15-10-3-1-9(2-4-10)14(16)17-23-13(19)8-6-11-5-7-12(22-11)18(20)21/h1-8H,(H2,16,17)/b8-6+. The molecule has 0 fully saturated rings. The van der Waals surface area contributed by atoms with Gasteiger partial charge in [-0.3, -0.25) is 10.1 Å². The van der Waals surface area contributed by atoms with Crippen molar-refractivity contribution in [2.24, 2.45) is 10.9 Å². The van der Waals surface area contributed by atoms with Gasteiger partial charge in [-0.1, -0.05) is 5.16 Å². The van der Waals surface area contributed by atoms with E-state index in [1.54, 1.807) is 0 Å². The average Bonchev–Trinajstić information content (AvgIpc) is 3.00. The summed E-state index contributed by atoms with van der Waals surface area (Å²) < 4.78 is 17.6. The van der Waals surface area contributed by atoms with E-state index >= 15 is 0 Å². The number of amidine groups is 1. The SMILES string of the molecule is N/C(=N\OC(=O)/C=C/c1ccc([N+](=O)[O-])o1)c1ccc(F)cc1. The van der Waals surface area contributed by atoms with E-state index < -0.39 is 22.6 Å². The monoisotopic (exact) mass is 319 g/mol. The zero-order valence-electron chi connectivity index (χ0n) is 11.5. The fraction of sp³-hybridized carbons (Fsp3) is 0. The third-order valence-electron chi connectivity index (χ3n) is 2.55. The van der Waals surface area contributed by atoms with Crippen LogP contribution >= 0.6 is 0 Å². The molecule has 0 saturated heterocycles. The van der Waals surface area contributed by atoms with Crippen molar-refractivity contribution >= 4 is 23.8 Å². The zero-order valence-corrected chi connectivity index (χ0v) is 11.5. The molecule has 2 N–H and O–H groups in total. The van der Waals surface area contributed by atoms with Crippen molar-refractivity contribution in [3.8, 4) is 0 Å². The third kappa shape index (κ3) is 4.49. The van der Waals surface area contributed by atoms with Crippen LogP contribution in [0.25, 0.3) is 6.08 Å². The summed E-state index contributed by atoms with van der Waals surface area (Å²) in [6.07, 6.45) is 2.14. The Labute approximate surface area is 128 Å². The summed E-state index contributed by atoms with van der Waals surface area (Å²) in [4.78, 5) is 25.7. The Balaban J connectivity index is 1.95. The molecule has 0 spiro atoms. The van der Waals surface area contributed by atoms with Crippen LogP contribution in [0.5, 0.6) is 0 Å². The Morgan fingerprint density at radius 2 is 2.00 bits per heavy atom. The number of hydrogen-bond acceptors (Lipinski definition) is 6. The Hall–Kier alpha value is -3.49. The number of oxime groups is 1. The lowest BCUT2D eigenvalue weighted by Crippen LogP contribution is -2.14. The highest BCUT2D eigenvalue weighted by atomic mass is 19.1. The molecule has 0 aliphatic rings. The molecular weight excluding hydrogens is 309 g/mol. The third-order valence-corrected chi connectivity index (χ3v) is 2.55. The molecule has 0 unspecified atom stereocenters. The van der Waals surface area contributed by atoms with Crippen LogP contribution in [0, 0.1) is 15.9 Å². The van der Waals surface area contributed by atoms with E-state index in [2.05, 4.69) is 9.99 Å². The molecule has 1 aromatic heterocycles. The van der Waals surface area contributed by atoms with Crippen molar-refractivity contribution in [3.05, 3.63) is 69.7 Å². The van der Waals surface area contributed by atoms with Gasteiger partial charge in [0.05, 0.1) is 6.07 Å². The van der Waals surface area contributed by atoms with Crippen LogP contribution < -0.4 is 5.73 Å². The van der Waals surface area contributed by atoms with Gasteiger partial charge in [-0.05, 0) is 36.4 Å². The summed E-state index contributed by atoms with van der Waals surface area (Å²) in [5.41, 5.74) is 5.95. The molecular formula is C14H10FN3O5. The molecule has 1 heterocycles. The number of furan rings is 1. The van der Waals surface area contributed by atoms with Crippen molar-refractivity contribution in [3.63, 3.8) is 0 Å². The van der Waals surface area contributed by atoms with Crippen molar-refractivity contribution in [2.45, 2.75) is 0 Å². The van der Waals surface area contributed by atoms with Crippen molar-refractivity contribution in [1.82, 2.24) is 0 Å². The molecule has 0 amide bonds. The minimum absolute atomic E-state index is 0.101. The molecule has 0 aliphatic heterocycles. The second-order valence-electron chi connectivity index (χ2n) is 4.16. The van der Waals surface area contributed by atoms with Crippen LogP contribution in [0.2, 0.25) is 0 Å². The number of carbonyl (C=O) groups is 1. The highest BCUT2D eigenvalue weighted by Gasteiger charge is 2.10. The van der Waals surface area contributed by atoms with Crippen LogP contribution in [-0.4, -0.2) is 16.7 Å². The Bertz CT molecular complexity index is 780. The number of nitrogens with two attached hydrogens (primary N) is 1. The van der Waals surface area contributed by atoms with Crippen LogP contribution in [0.4, 0.5) is 10.3 Å². The second-order valence-corrected chi connectivity index (χ2v) is 4.16. The van der Waals surface area contributed by atoms with Gasteiger partial charge in [-0.25, -0.2) is 9.18 Å². The summed E-state index contributed by atoms with van der Waals surface area (Å²) in [5, 5.41) is 13.8. The van der Waals surface area contributed by atoms with Crippen LogP contribution in [0.15, 0.2) is 52.0 Å². The van der Waals surface area contributed by atoms with Crippen molar-refractivity contribution < 1.29 is 23.4 Å². The number of carbonyl (C=O) groups excluding carboxylic acids is 1. The molecule has 0 atom stereocenters. The molecule has 0 radical (unpaired) electrons. The largest absolute Gasteiger partial charge is 0.433 e. The summed E-state index contributed by atoms with van der Waals surface area (Å²) in [6.45, 7) is 0. The quantitative estimate of drug-likeness (QED) is 0.225. The fourth-order valence-corrected chi connectivity index (χ4v) is 1.48. The molecule has 23 heavy (non-hydrogen) atoms. The lowest BCUT2D eigenvalue weighted by Gasteiger charge is -1.99. The van der Waals surface area contributed by atoms with Gasteiger partial charge in [0.2, 0.25) is 0 Å². The first-order valence-corrected chi connectivity index (χ1v) is 6.18. The fourth-order valence-electron chi connectivity index (χ4n) is 1.48. The number of benzene rings is 1. The molecule has 1 aromatic carbocycles. The number of halogens is 1. The lowest BCUT2D eigenvalue weighted by atomic mass is 10.2. The highest BCUT2D eigenvalue weighted by Crippen LogP contribution is 2.16. The van der Waals surface area contributed by atoms with Crippen molar-refractivity contribution in [2.75, 3.05) is 0 Å². The molecule has 2 aromatic rings. The number of nitro groups is 1. The Kier molecular flexibility index (Phi) is 4.82. The minimum Gasteiger partial charge on any atom is -0.401 e. The average molecular weight is 319 g/mol. The van der Waals surface area contributed by atoms with E-state index in [-0.39, 0.29) is 11.6 Å². The maximum Gasteiger partial charge on any atom is 0.433 e. The first-order valence-electron chi connectivity index (χ1n) is 6.18. The van der Waals surface area contributed by atoms with E-state index in [0.717, 1.165) is 12.1 Å². The van der Waals surface area contributed by atoms with Gasteiger partial charge >= 0.3 is 11.9 Å². The minimum atomic E-state index is -0.867. The van der Waals surface area contributed by atoms with Gasteiger partial charge in [-0.15, -0.1) is 0 Å². The smallest absolute Gasteiger partial charge is 0.401 e. The first kappa shape index (κ1) is 15.9. The molecule has 8 nitrogen and oxygen atoms in total. The topological polar surface area (TPSA) is 121 Å². The molecule has 0 bridgehead atoms. The molecule has 0 saturated carbocycles. The summed E-state index contributed by atoms with van der Waals surface area (Å²) in [7, 11) is 0. The summed E-state index contributed by atoms with van der Waals surface area (Å²) in [5.74, 6) is -1.76. The highest BCUT2D eigenvalue weighted by molar-refractivity contribution is 5.97. The van der Waals surface area contributed by atoms with Gasteiger partial charge in [0.15, 0.2) is 5.84 Å². The predicted molar refractivity (Wildman–Crippen MR) is 77.6 cm³/mol. The normalized spacial score (nSPS) is 11.6. The van der Waals surface area contributed by atoms with Crippen molar-refractivity contribution in [1.29, 1.82) is 0 Å². The Morgan fingerprint density at radius 1 is 1.30 bits per heavy atom. The molecule has 2 rings (SSSR count). The zero-order chi connectivity index (χ0) is 16.8. The van der Waals surface area contributed by atoms with Crippen LogP contribution in [0.1, 0.15) is 11.3 Å². The maximum atomic E-state index is 12.8. The second kappa shape index (κ2) is 6.98. The molecule has 0 aliphatic carbocycles.